The Kier molecular flexibility index (Phi) is 6.35. The molecule has 0 aromatic carbocycles. The molecule has 1 aromatic rings. The molecule has 6 nitrogen and oxygen atoms in total. The highest BCUT2D eigenvalue weighted by Crippen LogP contribution is 2.02. The summed E-state index contributed by atoms with van der Waals surface area (Å²) in [5, 5.41) is 4.13. The predicted molar refractivity (Wildman–Crippen MR) is 67.9 cm³/mol. The minimum atomic E-state index is -0.187. The van der Waals surface area contributed by atoms with Crippen LogP contribution in [0.25, 0.3) is 0 Å². The van der Waals surface area contributed by atoms with Crippen LogP contribution in [0.5, 0.6) is 0 Å². The van der Waals surface area contributed by atoms with E-state index in [-0.39, 0.29) is 5.97 Å². The van der Waals surface area contributed by atoms with Crippen molar-refractivity contribution >= 4 is 5.97 Å². The molecule has 0 fully saturated rings. The van der Waals surface area contributed by atoms with Crippen molar-refractivity contribution in [2.75, 3.05) is 19.7 Å². The van der Waals surface area contributed by atoms with E-state index in [9.17, 15) is 4.79 Å². The van der Waals surface area contributed by atoms with Crippen LogP contribution in [-0.2, 0) is 22.6 Å². The molecule has 18 heavy (non-hydrogen) atoms. The Morgan fingerprint density at radius 1 is 1.44 bits per heavy atom. The monoisotopic (exact) mass is 254 g/mol. The molecule has 1 aromatic heterocycles. The Morgan fingerprint density at radius 3 is 2.83 bits per heavy atom. The van der Waals surface area contributed by atoms with Crippen molar-refractivity contribution in [3.63, 3.8) is 0 Å². The van der Waals surface area contributed by atoms with E-state index in [1.165, 1.54) is 0 Å². The maximum atomic E-state index is 11.5. The molecule has 0 bridgehead atoms. The van der Waals surface area contributed by atoms with Gasteiger partial charge < -0.3 is 4.74 Å². The Labute approximate surface area is 108 Å². The van der Waals surface area contributed by atoms with E-state index < -0.39 is 0 Å². The van der Waals surface area contributed by atoms with Crippen molar-refractivity contribution < 1.29 is 9.53 Å². The van der Waals surface area contributed by atoms with E-state index >= 15 is 0 Å². The van der Waals surface area contributed by atoms with Gasteiger partial charge in [-0.2, -0.15) is 5.10 Å². The lowest BCUT2D eigenvalue weighted by molar-refractivity contribution is -0.144. The van der Waals surface area contributed by atoms with Crippen molar-refractivity contribution in [2.45, 2.75) is 40.3 Å². The highest BCUT2D eigenvalue weighted by molar-refractivity contribution is 5.71. The number of ether oxygens (including phenoxy) is 1. The van der Waals surface area contributed by atoms with Gasteiger partial charge in [0.05, 0.1) is 19.7 Å². The summed E-state index contributed by atoms with van der Waals surface area (Å²) < 4.78 is 6.81. The maximum Gasteiger partial charge on any atom is 0.320 e. The molecular weight excluding hydrogens is 232 g/mol. The summed E-state index contributed by atoms with van der Waals surface area (Å²) in [5.74, 6) is 0.698. The van der Waals surface area contributed by atoms with Gasteiger partial charge >= 0.3 is 5.97 Å². The lowest BCUT2D eigenvalue weighted by Crippen LogP contribution is -2.32. The van der Waals surface area contributed by atoms with Crippen molar-refractivity contribution in [3.05, 3.63) is 12.2 Å². The molecule has 0 amide bonds. The molecule has 0 aliphatic heterocycles. The first kappa shape index (κ1) is 14.6. The number of rotatable bonds is 8. The van der Waals surface area contributed by atoms with Crippen LogP contribution in [-0.4, -0.2) is 45.3 Å². The average Bonchev–Trinajstić information content (AvgIpc) is 2.76. The Hall–Kier alpha value is -1.43. The fourth-order valence-corrected chi connectivity index (χ4v) is 1.79. The van der Waals surface area contributed by atoms with Gasteiger partial charge in [-0.15, -0.1) is 0 Å². The number of aromatic nitrogens is 3. The quantitative estimate of drug-likeness (QED) is 0.649. The molecule has 0 radical (unpaired) electrons. The largest absolute Gasteiger partial charge is 0.465 e. The van der Waals surface area contributed by atoms with E-state index in [4.69, 9.17) is 4.74 Å². The van der Waals surface area contributed by atoms with Crippen LogP contribution in [0.3, 0.4) is 0 Å². The van der Waals surface area contributed by atoms with Crippen LogP contribution < -0.4 is 0 Å². The predicted octanol–water partition coefficient (Wildman–Crippen LogP) is 1.07. The second-order valence-corrected chi connectivity index (χ2v) is 4.01. The number of esters is 1. The molecule has 102 valence electrons. The molecule has 1 heterocycles. The van der Waals surface area contributed by atoms with E-state index in [2.05, 4.69) is 17.0 Å². The van der Waals surface area contributed by atoms with E-state index in [0.717, 1.165) is 25.3 Å². The fourth-order valence-electron chi connectivity index (χ4n) is 1.79. The molecule has 0 unspecified atom stereocenters. The fraction of sp³-hybridized carbons (Fsp3) is 0.750. The normalized spacial score (nSPS) is 10.9. The Morgan fingerprint density at radius 2 is 2.22 bits per heavy atom. The van der Waals surface area contributed by atoms with Crippen LogP contribution in [0, 0.1) is 0 Å². The first-order chi connectivity index (χ1) is 8.71. The SMILES string of the molecule is CCCN(CC(=O)OCC)Cc1ncnn1CC. The van der Waals surface area contributed by atoms with Gasteiger partial charge in [0.2, 0.25) is 0 Å². The second-order valence-electron chi connectivity index (χ2n) is 4.01. The highest BCUT2D eigenvalue weighted by atomic mass is 16.5. The molecule has 6 heteroatoms. The van der Waals surface area contributed by atoms with Crippen LogP contribution in [0.4, 0.5) is 0 Å². The molecule has 0 aliphatic rings. The molecule has 0 N–H and O–H groups in total. The first-order valence-corrected chi connectivity index (χ1v) is 6.45. The molecule has 0 atom stereocenters. The number of carbonyl (C=O) groups is 1. The molecule has 0 spiro atoms. The number of carbonyl (C=O) groups excluding carboxylic acids is 1. The number of aryl methyl sites for hydroxylation is 1. The summed E-state index contributed by atoms with van der Waals surface area (Å²) in [7, 11) is 0. The highest BCUT2D eigenvalue weighted by Gasteiger charge is 2.14. The summed E-state index contributed by atoms with van der Waals surface area (Å²) in [5.41, 5.74) is 0. The third kappa shape index (κ3) is 4.44. The molecule has 0 saturated carbocycles. The van der Waals surface area contributed by atoms with Gasteiger partial charge in [-0.1, -0.05) is 6.92 Å². The standard InChI is InChI=1S/C12H22N4O2/c1-4-7-15(9-12(17)18-6-3)8-11-13-10-14-16(11)5-2/h10H,4-9H2,1-3H3. The van der Waals surface area contributed by atoms with Gasteiger partial charge in [0.25, 0.3) is 0 Å². The molecular formula is C12H22N4O2. The lowest BCUT2D eigenvalue weighted by Gasteiger charge is -2.20. The van der Waals surface area contributed by atoms with Crippen molar-refractivity contribution in [1.82, 2.24) is 19.7 Å². The van der Waals surface area contributed by atoms with Crippen LogP contribution in [0.2, 0.25) is 0 Å². The van der Waals surface area contributed by atoms with Gasteiger partial charge in [0, 0.05) is 6.54 Å². The van der Waals surface area contributed by atoms with E-state index in [1.807, 2.05) is 23.4 Å². The van der Waals surface area contributed by atoms with Crippen LogP contribution in [0.15, 0.2) is 6.33 Å². The summed E-state index contributed by atoms with van der Waals surface area (Å²) in [6, 6.07) is 0. The zero-order valence-electron chi connectivity index (χ0n) is 11.4. The minimum Gasteiger partial charge on any atom is -0.465 e. The van der Waals surface area contributed by atoms with E-state index in [0.29, 0.717) is 19.7 Å². The molecule has 0 saturated heterocycles. The van der Waals surface area contributed by atoms with Crippen LogP contribution >= 0.6 is 0 Å². The van der Waals surface area contributed by atoms with Crippen molar-refractivity contribution in [1.29, 1.82) is 0 Å². The van der Waals surface area contributed by atoms with Gasteiger partial charge in [0.1, 0.15) is 12.2 Å². The van der Waals surface area contributed by atoms with Gasteiger partial charge in [-0.25, -0.2) is 9.67 Å². The zero-order chi connectivity index (χ0) is 13.4. The summed E-state index contributed by atoms with van der Waals surface area (Å²) in [6.07, 6.45) is 2.53. The number of hydrogen-bond donors (Lipinski definition) is 0. The van der Waals surface area contributed by atoms with Crippen LogP contribution in [0.1, 0.15) is 33.0 Å². The lowest BCUT2D eigenvalue weighted by atomic mass is 10.3. The van der Waals surface area contributed by atoms with E-state index in [1.54, 1.807) is 6.33 Å². The molecule has 0 aliphatic carbocycles. The minimum absolute atomic E-state index is 0.187. The topological polar surface area (TPSA) is 60.3 Å². The maximum absolute atomic E-state index is 11.5. The summed E-state index contributed by atoms with van der Waals surface area (Å²) in [4.78, 5) is 17.8. The van der Waals surface area contributed by atoms with Crippen molar-refractivity contribution in [3.8, 4) is 0 Å². The van der Waals surface area contributed by atoms with Crippen molar-refractivity contribution in [2.24, 2.45) is 0 Å². The molecule has 1 rings (SSSR count). The van der Waals surface area contributed by atoms with Gasteiger partial charge in [-0.05, 0) is 26.8 Å². The number of nitrogens with zero attached hydrogens (tertiary/aromatic N) is 4. The first-order valence-electron chi connectivity index (χ1n) is 6.45. The van der Waals surface area contributed by atoms with Gasteiger partial charge in [-0.3, -0.25) is 9.69 Å². The summed E-state index contributed by atoms with van der Waals surface area (Å²) >= 11 is 0. The Balaban J connectivity index is 2.59. The smallest absolute Gasteiger partial charge is 0.320 e. The third-order valence-corrected chi connectivity index (χ3v) is 2.56. The number of hydrogen-bond acceptors (Lipinski definition) is 5. The summed E-state index contributed by atoms with van der Waals surface area (Å²) in [6.45, 7) is 8.90. The Bertz CT molecular complexity index is 365. The zero-order valence-corrected chi connectivity index (χ0v) is 11.4. The average molecular weight is 254 g/mol. The third-order valence-electron chi connectivity index (χ3n) is 2.56. The van der Waals surface area contributed by atoms with Gasteiger partial charge in [0.15, 0.2) is 0 Å². The second kappa shape index (κ2) is 7.81.